The Morgan fingerprint density at radius 3 is 2.81 bits per heavy atom. The maximum Gasteiger partial charge on any atom is 0.0705 e. The smallest absolute Gasteiger partial charge is 0.0705 e. The summed E-state index contributed by atoms with van der Waals surface area (Å²) in [6.07, 6.45) is 6.56. The summed E-state index contributed by atoms with van der Waals surface area (Å²) in [7, 11) is 0. The lowest BCUT2D eigenvalue weighted by Gasteiger charge is -2.29. The minimum Gasteiger partial charge on any atom is -0.271 e. The number of nitrogens with one attached hydrogen (secondary N) is 1. The van der Waals surface area contributed by atoms with Crippen molar-refractivity contribution in [1.29, 1.82) is 0 Å². The first kappa shape index (κ1) is 13.2. The molecule has 4 rings (SSSR count). The Labute approximate surface area is 125 Å². The Hall–Kier alpha value is -1.45. The van der Waals surface area contributed by atoms with Gasteiger partial charge in [-0.2, -0.15) is 0 Å². The van der Waals surface area contributed by atoms with Crippen molar-refractivity contribution in [2.75, 3.05) is 0 Å². The molecule has 1 heterocycles. The molecule has 2 aliphatic carbocycles. The number of para-hydroxylation sites is 1. The number of pyridine rings is 1. The molecule has 2 aromatic rings. The third-order valence-electron chi connectivity index (χ3n) is 5.61. The minimum absolute atomic E-state index is 0.369. The van der Waals surface area contributed by atoms with Crippen LogP contribution in [0.4, 0.5) is 0 Å². The summed E-state index contributed by atoms with van der Waals surface area (Å²) in [5.74, 6) is 8.45. The zero-order valence-corrected chi connectivity index (χ0v) is 12.3. The number of rotatable bonds is 4. The van der Waals surface area contributed by atoms with Crippen molar-refractivity contribution in [1.82, 2.24) is 10.4 Å². The van der Waals surface area contributed by atoms with Crippen LogP contribution in [-0.2, 0) is 6.42 Å². The SMILES string of the molecule is NNC(Cc1ccc2ccccc2n1)C1CC2CCC1C2. The van der Waals surface area contributed by atoms with Gasteiger partial charge in [0.2, 0.25) is 0 Å². The molecule has 0 amide bonds. The van der Waals surface area contributed by atoms with Crippen LogP contribution in [0, 0.1) is 17.8 Å². The largest absolute Gasteiger partial charge is 0.271 e. The molecule has 21 heavy (non-hydrogen) atoms. The predicted octanol–water partition coefficient (Wildman–Crippen LogP) is 3.05. The van der Waals surface area contributed by atoms with Gasteiger partial charge in [-0.05, 0) is 49.1 Å². The summed E-state index contributed by atoms with van der Waals surface area (Å²) in [6, 6.07) is 13.0. The van der Waals surface area contributed by atoms with Crippen LogP contribution in [0.15, 0.2) is 36.4 Å². The Bertz CT molecular complexity index is 639. The van der Waals surface area contributed by atoms with Gasteiger partial charge in [0.1, 0.15) is 0 Å². The van der Waals surface area contributed by atoms with Crippen LogP contribution in [0.25, 0.3) is 10.9 Å². The molecular formula is C18H23N3. The molecule has 3 heteroatoms. The lowest BCUT2D eigenvalue weighted by molar-refractivity contribution is 0.247. The van der Waals surface area contributed by atoms with Crippen molar-refractivity contribution in [3.8, 4) is 0 Å². The summed E-state index contributed by atoms with van der Waals surface area (Å²) >= 11 is 0. The Kier molecular flexibility index (Phi) is 3.40. The lowest BCUT2D eigenvalue weighted by Crippen LogP contribution is -2.44. The average molecular weight is 281 g/mol. The maximum atomic E-state index is 5.87. The molecule has 1 aromatic carbocycles. The van der Waals surface area contributed by atoms with Gasteiger partial charge in [-0.3, -0.25) is 16.3 Å². The van der Waals surface area contributed by atoms with Crippen molar-refractivity contribution < 1.29 is 0 Å². The fourth-order valence-electron chi connectivity index (χ4n) is 4.57. The van der Waals surface area contributed by atoms with Crippen molar-refractivity contribution in [3.05, 3.63) is 42.1 Å². The van der Waals surface area contributed by atoms with E-state index in [-0.39, 0.29) is 0 Å². The second-order valence-electron chi connectivity index (χ2n) is 6.81. The van der Waals surface area contributed by atoms with E-state index in [2.05, 4.69) is 35.8 Å². The van der Waals surface area contributed by atoms with E-state index in [1.165, 1.54) is 31.1 Å². The first-order chi connectivity index (χ1) is 10.3. The van der Waals surface area contributed by atoms with E-state index in [4.69, 9.17) is 10.8 Å². The number of hydrazine groups is 1. The molecule has 0 saturated heterocycles. The molecule has 0 aliphatic heterocycles. The molecule has 4 atom stereocenters. The van der Waals surface area contributed by atoms with E-state index in [0.29, 0.717) is 6.04 Å². The van der Waals surface area contributed by atoms with Gasteiger partial charge in [-0.1, -0.05) is 30.7 Å². The summed E-state index contributed by atoms with van der Waals surface area (Å²) in [5, 5.41) is 1.21. The highest BCUT2D eigenvalue weighted by Gasteiger charge is 2.42. The fourth-order valence-corrected chi connectivity index (χ4v) is 4.57. The highest BCUT2D eigenvalue weighted by atomic mass is 15.2. The molecule has 2 fully saturated rings. The normalized spacial score (nSPS) is 29.1. The summed E-state index contributed by atoms with van der Waals surface area (Å²) in [5.41, 5.74) is 5.32. The van der Waals surface area contributed by atoms with E-state index >= 15 is 0 Å². The Morgan fingerprint density at radius 1 is 1.14 bits per heavy atom. The third-order valence-corrected chi connectivity index (χ3v) is 5.61. The lowest BCUT2D eigenvalue weighted by atomic mass is 9.82. The second kappa shape index (κ2) is 5.39. The molecule has 0 spiro atoms. The van der Waals surface area contributed by atoms with Gasteiger partial charge in [0.25, 0.3) is 0 Å². The number of nitrogens with zero attached hydrogens (tertiary/aromatic N) is 1. The van der Waals surface area contributed by atoms with Gasteiger partial charge in [0.15, 0.2) is 0 Å². The molecule has 2 saturated carbocycles. The number of nitrogens with two attached hydrogens (primary N) is 1. The summed E-state index contributed by atoms with van der Waals surface area (Å²) < 4.78 is 0. The van der Waals surface area contributed by atoms with Crippen LogP contribution in [0.5, 0.6) is 0 Å². The molecule has 110 valence electrons. The van der Waals surface area contributed by atoms with Crippen molar-refractivity contribution >= 4 is 10.9 Å². The first-order valence-corrected chi connectivity index (χ1v) is 8.14. The molecule has 3 N–H and O–H groups in total. The van der Waals surface area contributed by atoms with Crippen molar-refractivity contribution in [2.24, 2.45) is 23.6 Å². The van der Waals surface area contributed by atoms with Gasteiger partial charge >= 0.3 is 0 Å². The van der Waals surface area contributed by atoms with Gasteiger partial charge in [-0.15, -0.1) is 0 Å². The number of benzene rings is 1. The number of fused-ring (bicyclic) bond motifs is 3. The molecule has 2 bridgehead atoms. The fraction of sp³-hybridized carbons (Fsp3) is 0.500. The van der Waals surface area contributed by atoms with E-state index in [1.807, 2.05) is 6.07 Å². The maximum absolute atomic E-state index is 5.87. The van der Waals surface area contributed by atoms with E-state index in [0.717, 1.165) is 35.4 Å². The van der Waals surface area contributed by atoms with Crippen molar-refractivity contribution in [3.63, 3.8) is 0 Å². The third kappa shape index (κ3) is 2.45. The van der Waals surface area contributed by atoms with E-state index in [1.54, 1.807) is 0 Å². The Balaban J connectivity index is 1.54. The molecule has 3 nitrogen and oxygen atoms in total. The van der Waals surface area contributed by atoms with Crippen LogP contribution in [0.3, 0.4) is 0 Å². The number of aromatic nitrogens is 1. The average Bonchev–Trinajstić information content (AvgIpc) is 3.15. The van der Waals surface area contributed by atoms with E-state index in [9.17, 15) is 0 Å². The van der Waals surface area contributed by atoms with Crippen molar-refractivity contribution in [2.45, 2.75) is 38.1 Å². The Morgan fingerprint density at radius 2 is 2.05 bits per heavy atom. The van der Waals surface area contributed by atoms with Crippen LogP contribution in [0.2, 0.25) is 0 Å². The summed E-state index contributed by atoms with van der Waals surface area (Å²) in [4.78, 5) is 4.80. The van der Waals surface area contributed by atoms with E-state index < -0.39 is 0 Å². The molecule has 0 radical (unpaired) electrons. The number of hydrogen-bond donors (Lipinski definition) is 2. The van der Waals surface area contributed by atoms with Gasteiger partial charge in [-0.25, -0.2) is 0 Å². The van der Waals surface area contributed by atoms with Gasteiger partial charge in [0, 0.05) is 23.5 Å². The quantitative estimate of drug-likeness (QED) is 0.669. The molecule has 1 aromatic heterocycles. The predicted molar refractivity (Wildman–Crippen MR) is 85.5 cm³/mol. The van der Waals surface area contributed by atoms with Gasteiger partial charge in [0.05, 0.1) is 5.52 Å². The molecule has 2 aliphatic rings. The standard InChI is InChI=1S/C18H23N3/c19-21-18(16-10-12-5-6-14(16)9-12)11-15-8-7-13-3-1-2-4-17(13)20-15/h1-4,7-8,12,14,16,18,21H,5-6,9-11,19H2. The zero-order chi connectivity index (χ0) is 14.2. The first-order valence-electron chi connectivity index (χ1n) is 8.14. The number of hydrogen-bond acceptors (Lipinski definition) is 3. The topological polar surface area (TPSA) is 50.9 Å². The van der Waals surface area contributed by atoms with Gasteiger partial charge < -0.3 is 0 Å². The monoisotopic (exact) mass is 281 g/mol. The summed E-state index contributed by atoms with van der Waals surface area (Å²) in [6.45, 7) is 0. The highest BCUT2D eigenvalue weighted by Crippen LogP contribution is 2.49. The van der Waals surface area contributed by atoms with Crippen LogP contribution in [0.1, 0.15) is 31.4 Å². The highest BCUT2D eigenvalue weighted by molar-refractivity contribution is 5.78. The van der Waals surface area contributed by atoms with Crippen LogP contribution >= 0.6 is 0 Å². The van der Waals surface area contributed by atoms with Crippen LogP contribution < -0.4 is 11.3 Å². The van der Waals surface area contributed by atoms with Crippen LogP contribution in [-0.4, -0.2) is 11.0 Å². The second-order valence-corrected chi connectivity index (χ2v) is 6.81. The minimum atomic E-state index is 0.369. The molecular weight excluding hydrogens is 258 g/mol. The molecule has 4 unspecified atom stereocenters. The zero-order valence-electron chi connectivity index (χ0n) is 12.3.